The van der Waals surface area contributed by atoms with E-state index in [2.05, 4.69) is 5.32 Å². The van der Waals surface area contributed by atoms with Crippen LogP contribution in [0.1, 0.15) is 52.7 Å². The van der Waals surface area contributed by atoms with Gasteiger partial charge in [-0.1, -0.05) is 24.3 Å². The fourth-order valence-electron chi connectivity index (χ4n) is 3.27. The summed E-state index contributed by atoms with van der Waals surface area (Å²) in [6.45, 7) is 0.422. The SMILES string of the molecule is O=C(NC1CC1)c1ccc(CN(C(=O)/C=C/c2ccc(C(F)(F)F)cc2)C2CC2)cc1. The molecule has 0 bridgehead atoms. The molecule has 2 aliphatic carbocycles. The quantitative estimate of drug-likeness (QED) is 0.644. The van der Waals surface area contributed by atoms with Crippen molar-refractivity contribution in [2.24, 2.45) is 0 Å². The predicted molar refractivity (Wildman–Crippen MR) is 111 cm³/mol. The summed E-state index contributed by atoms with van der Waals surface area (Å²) in [6.07, 6.45) is 2.48. The lowest BCUT2D eigenvalue weighted by atomic mass is 10.1. The first-order chi connectivity index (χ1) is 14.8. The highest BCUT2D eigenvalue weighted by atomic mass is 19.4. The van der Waals surface area contributed by atoms with E-state index in [4.69, 9.17) is 0 Å². The van der Waals surface area contributed by atoms with Crippen molar-refractivity contribution in [3.05, 3.63) is 76.9 Å². The summed E-state index contributed by atoms with van der Waals surface area (Å²) in [5, 5.41) is 2.95. The minimum Gasteiger partial charge on any atom is -0.349 e. The Kier molecular flexibility index (Phi) is 5.85. The largest absolute Gasteiger partial charge is 0.416 e. The van der Waals surface area contributed by atoms with Crippen molar-refractivity contribution in [2.45, 2.75) is 50.5 Å². The molecule has 7 heteroatoms. The fraction of sp³-hybridized carbons (Fsp3) is 0.333. The standard InChI is InChI=1S/C24H23F3N2O2/c25-24(26,27)19-8-3-16(4-9-19)5-14-22(30)29(21-12-13-21)15-17-1-6-18(7-2-17)23(31)28-20-10-11-20/h1-9,14,20-21H,10-13,15H2,(H,28,31)/b14-5+. The lowest BCUT2D eigenvalue weighted by Crippen LogP contribution is -2.31. The second-order valence-corrected chi connectivity index (χ2v) is 8.10. The lowest BCUT2D eigenvalue weighted by molar-refractivity contribution is -0.137. The number of nitrogens with zero attached hydrogens (tertiary/aromatic N) is 1. The molecule has 2 saturated carbocycles. The topological polar surface area (TPSA) is 49.4 Å². The number of carbonyl (C=O) groups excluding carboxylic acids is 2. The normalized spacial score (nSPS) is 16.4. The fourth-order valence-corrected chi connectivity index (χ4v) is 3.27. The van der Waals surface area contributed by atoms with Crippen LogP contribution >= 0.6 is 0 Å². The van der Waals surface area contributed by atoms with Crippen LogP contribution in [0.3, 0.4) is 0 Å². The second kappa shape index (κ2) is 8.57. The van der Waals surface area contributed by atoms with E-state index in [0.29, 0.717) is 23.7 Å². The molecule has 0 saturated heterocycles. The van der Waals surface area contributed by atoms with Crippen molar-refractivity contribution in [3.63, 3.8) is 0 Å². The van der Waals surface area contributed by atoms with Crippen molar-refractivity contribution in [1.82, 2.24) is 10.2 Å². The van der Waals surface area contributed by atoms with Crippen molar-refractivity contribution in [2.75, 3.05) is 0 Å². The maximum atomic E-state index is 12.7. The first kappa shape index (κ1) is 21.2. The molecule has 2 amide bonds. The summed E-state index contributed by atoms with van der Waals surface area (Å²) in [5.41, 5.74) is 1.33. The van der Waals surface area contributed by atoms with Crippen molar-refractivity contribution in [3.8, 4) is 0 Å². The van der Waals surface area contributed by atoms with Crippen LogP contribution in [0.2, 0.25) is 0 Å². The Labute approximate surface area is 178 Å². The molecule has 2 aliphatic rings. The molecule has 0 radical (unpaired) electrons. The Morgan fingerprint density at radius 3 is 2.16 bits per heavy atom. The summed E-state index contributed by atoms with van der Waals surface area (Å²) >= 11 is 0. The first-order valence-electron chi connectivity index (χ1n) is 10.4. The molecule has 2 fully saturated rings. The van der Waals surface area contributed by atoms with E-state index in [9.17, 15) is 22.8 Å². The number of halogens is 3. The van der Waals surface area contributed by atoms with E-state index >= 15 is 0 Å². The maximum absolute atomic E-state index is 12.7. The van der Waals surface area contributed by atoms with Crippen molar-refractivity contribution < 1.29 is 22.8 Å². The van der Waals surface area contributed by atoms with Gasteiger partial charge in [-0.2, -0.15) is 13.2 Å². The molecule has 4 nitrogen and oxygen atoms in total. The van der Waals surface area contributed by atoms with Gasteiger partial charge in [0.25, 0.3) is 5.91 Å². The third-order valence-corrected chi connectivity index (χ3v) is 5.41. The van der Waals surface area contributed by atoms with Crippen molar-refractivity contribution in [1.29, 1.82) is 0 Å². The summed E-state index contributed by atoms with van der Waals surface area (Å²) < 4.78 is 38.0. The Morgan fingerprint density at radius 1 is 0.968 bits per heavy atom. The van der Waals surface area contributed by atoms with Gasteiger partial charge in [0.2, 0.25) is 5.91 Å². The van der Waals surface area contributed by atoms with Gasteiger partial charge in [-0.05, 0) is 67.2 Å². The molecular formula is C24H23F3N2O2. The Morgan fingerprint density at radius 2 is 1.61 bits per heavy atom. The van der Waals surface area contributed by atoms with Crippen LogP contribution in [0.4, 0.5) is 13.2 Å². The van der Waals surface area contributed by atoms with Gasteiger partial charge < -0.3 is 10.2 Å². The zero-order valence-corrected chi connectivity index (χ0v) is 16.9. The Hall–Kier alpha value is -3.09. The minimum absolute atomic E-state index is 0.0800. The Bertz CT molecular complexity index is 973. The maximum Gasteiger partial charge on any atom is 0.416 e. The van der Waals surface area contributed by atoms with Crippen LogP contribution in [0.25, 0.3) is 6.08 Å². The van der Waals surface area contributed by atoms with Gasteiger partial charge in [0.15, 0.2) is 0 Å². The van der Waals surface area contributed by atoms with Gasteiger partial charge in [0, 0.05) is 30.3 Å². The number of alkyl halides is 3. The van der Waals surface area contributed by atoms with Crippen LogP contribution < -0.4 is 5.32 Å². The smallest absolute Gasteiger partial charge is 0.349 e. The number of benzene rings is 2. The molecule has 0 unspecified atom stereocenters. The van der Waals surface area contributed by atoms with Crippen molar-refractivity contribution >= 4 is 17.9 Å². The lowest BCUT2D eigenvalue weighted by Gasteiger charge is -2.21. The first-order valence-corrected chi connectivity index (χ1v) is 10.4. The summed E-state index contributed by atoms with van der Waals surface area (Å²) in [7, 11) is 0. The van der Waals surface area contributed by atoms with E-state index in [1.807, 2.05) is 12.1 Å². The third-order valence-electron chi connectivity index (χ3n) is 5.41. The van der Waals surface area contributed by atoms with Gasteiger partial charge in [-0.15, -0.1) is 0 Å². The average molecular weight is 428 g/mol. The van der Waals surface area contributed by atoms with E-state index in [1.165, 1.54) is 24.3 Å². The molecule has 31 heavy (non-hydrogen) atoms. The molecule has 1 N–H and O–H groups in total. The second-order valence-electron chi connectivity index (χ2n) is 8.10. The molecule has 162 valence electrons. The summed E-state index contributed by atoms with van der Waals surface area (Å²) in [4.78, 5) is 26.6. The highest BCUT2D eigenvalue weighted by molar-refractivity contribution is 5.94. The molecule has 0 aromatic heterocycles. The van der Waals surface area contributed by atoms with E-state index in [0.717, 1.165) is 43.4 Å². The summed E-state index contributed by atoms with van der Waals surface area (Å²) in [5.74, 6) is -0.262. The monoisotopic (exact) mass is 428 g/mol. The third kappa shape index (κ3) is 5.75. The zero-order valence-electron chi connectivity index (χ0n) is 16.9. The highest BCUT2D eigenvalue weighted by Gasteiger charge is 2.32. The Balaban J connectivity index is 1.38. The molecule has 4 rings (SSSR count). The van der Waals surface area contributed by atoms with E-state index in [1.54, 1.807) is 17.0 Å². The van der Waals surface area contributed by atoms with Crippen LogP contribution in [-0.2, 0) is 17.5 Å². The number of carbonyl (C=O) groups is 2. The molecule has 0 atom stereocenters. The number of hydrogen-bond acceptors (Lipinski definition) is 2. The zero-order chi connectivity index (χ0) is 22.0. The van der Waals surface area contributed by atoms with Gasteiger partial charge in [0.05, 0.1) is 5.56 Å². The number of amides is 2. The van der Waals surface area contributed by atoms with Gasteiger partial charge >= 0.3 is 6.18 Å². The van der Waals surface area contributed by atoms with Gasteiger partial charge in [0.1, 0.15) is 0 Å². The van der Waals surface area contributed by atoms with E-state index in [-0.39, 0.29) is 17.9 Å². The molecule has 0 aliphatic heterocycles. The highest BCUT2D eigenvalue weighted by Crippen LogP contribution is 2.30. The van der Waals surface area contributed by atoms with E-state index < -0.39 is 11.7 Å². The van der Waals surface area contributed by atoms with Crippen LogP contribution in [0, 0.1) is 0 Å². The minimum atomic E-state index is -4.38. The van der Waals surface area contributed by atoms with Crippen LogP contribution in [0.5, 0.6) is 0 Å². The molecule has 2 aromatic carbocycles. The van der Waals surface area contributed by atoms with Crippen LogP contribution in [-0.4, -0.2) is 28.8 Å². The predicted octanol–water partition coefficient (Wildman–Crippen LogP) is 4.80. The van der Waals surface area contributed by atoms with Gasteiger partial charge in [-0.3, -0.25) is 9.59 Å². The van der Waals surface area contributed by atoms with Gasteiger partial charge in [-0.25, -0.2) is 0 Å². The summed E-state index contributed by atoms with van der Waals surface area (Å²) in [6, 6.07) is 12.4. The molecule has 2 aromatic rings. The number of hydrogen-bond donors (Lipinski definition) is 1. The van der Waals surface area contributed by atoms with Crippen LogP contribution in [0.15, 0.2) is 54.6 Å². The number of rotatable bonds is 7. The molecule has 0 spiro atoms. The molecular weight excluding hydrogens is 405 g/mol. The number of nitrogens with one attached hydrogen (secondary N) is 1. The average Bonchev–Trinajstić information content (AvgIpc) is 3.65. The molecule has 0 heterocycles.